The summed E-state index contributed by atoms with van der Waals surface area (Å²) in [6.45, 7) is 8.30. The molecule has 4 heterocycles. The summed E-state index contributed by atoms with van der Waals surface area (Å²) in [5, 5.41) is 0. The smallest absolute Gasteiger partial charge is 0.244 e. The quantitative estimate of drug-likeness (QED) is 0.636. The van der Waals surface area contributed by atoms with Crippen LogP contribution in [0.1, 0.15) is 17.7 Å². The summed E-state index contributed by atoms with van der Waals surface area (Å²) in [5.41, 5.74) is 4.01. The van der Waals surface area contributed by atoms with Gasteiger partial charge in [0.25, 0.3) is 0 Å². The molecule has 2 aliphatic heterocycles. The molecule has 5 rings (SSSR count). The molecular formula is C25H28N6O. The summed E-state index contributed by atoms with van der Waals surface area (Å²) < 4.78 is 0. The van der Waals surface area contributed by atoms with Gasteiger partial charge >= 0.3 is 0 Å². The van der Waals surface area contributed by atoms with Crippen molar-refractivity contribution in [3.63, 3.8) is 0 Å². The number of aryl methyl sites for hydroxylation is 1. The second-order valence-electron chi connectivity index (χ2n) is 8.48. The molecule has 1 amide bonds. The van der Waals surface area contributed by atoms with Crippen LogP contribution in [0.4, 0.5) is 11.5 Å². The van der Waals surface area contributed by atoms with Gasteiger partial charge in [0.05, 0.1) is 6.04 Å². The van der Waals surface area contributed by atoms with Crippen molar-refractivity contribution < 1.29 is 4.79 Å². The number of pyridine rings is 1. The molecule has 2 aliphatic rings. The zero-order valence-corrected chi connectivity index (χ0v) is 18.6. The third-order valence-electron chi connectivity index (χ3n) is 6.58. The summed E-state index contributed by atoms with van der Waals surface area (Å²) in [5.74, 6) is 1.92. The van der Waals surface area contributed by atoms with E-state index in [1.807, 2.05) is 54.3 Å². The fourth-order valence-corrected chi connectivity index (χ4v) is 4.66. The molecule has 1 unspecified atom stereocenters. The van der Waals surface area contributed by atoms with Gasteiger partial charge in [0.1, 0.15) is 5.82 Å². The lowest BCUT2D eigenvalue weighted by Crippen LogP contribution is -2.53. The lowest BCUT2D eigenvalue weighted by molar-refractivity contribution is -0.121. The minimum Gasteiger partial charge on any atom is -0.354 e. The van der Waals surface area contributed by atoms with Gasteiger partial charge in [-0.25, -0.2) is 9.97 Å². The van der Waals surface area contributed by atoms with Crippen LogP contribution in [0.3, 0.4) is 0 Å². The summed E-state index contributed by atoms with van der Waals surface area (Å²) >= 11 is 0. The number of piperazine rings is 1. The molecule has 7 heteroatoms. The number of carbonyl (C=O) groups excluding carboxylic acids is 1. The first-order valence-electron chi connectivity index (χ1n) is 11.2. The van der Waals surface area contributed by atoms with E-state index in [4.69, 9.17) is 4.98 Å². The highest BCUT2D eigenvalue weighted by atomic mass is 16.2. The second-order valence-corrected chi connectivity index (χ2v) is 8.48. The van der Waals surface area contributed by atoms with Crippen LogP contribution in [0.15, 0.2) is 54.9 Å². The number of amides is 1. The Morgan fingerprint density at radius 2 is 1.69 bits per heavy atom. The molecule has 0 radical (unpaired) electrons. The Morgan fingerprint density at radius 3 is 2.41 bits per heavy atom. The molecule has 2 fully saturated rings. The first kappa shape index (κ1) is 20.6. The Morgan fingerprint density at radius 1 is 0.906 bits per heavy atom. The molecule has 0 bridgehead atoms. The molecule has 0 N–H and O–H groups in total. The molecule has 0 saturated carbocycles. The van der Waals surface area contributed by atoms with Crippen LogP contribution < -0.4 is 9.80 Å². The van der Waals surface area contributed by atoms with E-state index in [1.165, 1.54) is 0 Å². The first-order chi connectivity index (χ1) is 15.6. The number of carbonyl (C=O) groups is 1. The predicted molar refractivity (Wildman–Crippen MR) is 126 cm³/mol. The van der Waals surface area contributed by atoms with Gasteiger partial charge in [-0.1, -0.05) is 18.2 Å². The van der Waals surface area contributed by atoms with Crippen molar-refractivity contribution in [3.8, 4) is 11.4 Å². The maximum atomic E-state index is 13.1. The summed E-state index contributed by atoms with van der Waals surface area (Å²) in [6, 6.07) is 13.8. The van der Waals surface area contributed by atoms with E-state index < -0.39 is 0 Å². The molecule has 1 atom stereocenters. The Kier molecular flexibility index (Phi) is 5.57. The number of para-hydroxylation sites is 1. The van der Waals surface area contributed by atoms with Gasteiger partial charge in [0.2, 0.25) is 5.91 Å². The van der Waals surface area contributed by atoms with Crippen molar-refractivity contribution in [1.82, 2.24) is 19.9 Å². The van der Waals surface area contributed by atoms with E-state index in [0.29, 0.717) is 5.82 Å². The molecule has 2 aromatic heterocycles. The van der Waals surface area contributed by atoms with Gasteiger partial charge in [-0.05, 0) is 44.5 Å². The minimum absolute atomic E-state index is 0.0310. The van der Waals surface area contributed by atoms with Crippen molar-refractivity contribution in [2.45, 2.75) is 26.3 Å². The van der Waals surface area contributed by atoms with Crippen molar-refractivity contribution in [2.24, 2.45) is 0 Å². The molecule has 164 valence electrons. The standard InChI is InChI=1S/C25H28N6O/c1-18-19(2)27-23(20-7-6-11-26-17-20)28-24(18)30-15-13-29(14-16-30)22-10-12-31(25(22)32)21-8-4-3-5-9-21/h3-9,11,17,22H,10,12-16H2,1-2H3. The van der Waals surface area contributed by atoms with Crippen LogP contribution in [0.2, 0.25) is 0 Å². The van der Waals surface area contributed by atoms with E-state index in [0.717, 1.165) is 67.5 Å². The largest absolute Gasteiger partial charge is 0.354 e. The third kappa shape index (κ3) is 3.84. The van der Waals surface area contributed by atoms with Crippen LogP contribution in [-0.2, 0) is 4.79 Å². The van der Waals surface area contributed by atoms with Crippen molar-refractivity contribution in [1.29, 1.82) is 0 Å². The number of anilines is 2. The minimum atomic E-state index is -0.0310. The van der Waals surface area contributed by atoms with E-state index >= 15 is 0 Å². The summed E-state index contributed by atoms with van der Waals surface area (Å²) in [7, 11) is 0. The zero-order valence-electron chi connectivity index (χ0n) is 18.6. The molecule has 3 aromatic rings. The van der Waals surface area contributed by atoms with Gasteiger partial charge in [0, 0.05) is 67.6 Å². The molecule has 7 nitrogen and oxygen atoms in total. The lowest BCUT2D eigenvalue weighted by atomic mass is 10.1. The van der Waals surface area contributed by atoms with E-state index in [-0.39, 0.29) is 11.9 Å². The second kappa shape index (κ2) is 8.67. The van der Waals surface area contributed by atoms with Gasteiger partial charge in [0.15, 0.2) is 5.82 Å². The fourth-order valence-electron chi connectivity index (χ4n) is 4.66. The molecular weight excluding hydrogens is 400 g/mol. The normalized spacial score (nSPS) is 19.6. The van der Waals surface area contributed by atoms with Crippen LogP contribution >= 0.6 is 0 Å². The zero-order chi connectivity index (χ0) is 22.1. The van der Waals surface area contributed by atoms with Gasteiger partial charge in [-0.3, -0.25) is 14.7 Å². The Labute approximate surface area is 188 Å². The van der Waals surface area contributed by atoms with E-state index in [1.54, 1.807) is 12.4 Å². The van der Waals surface area contributed by atoms with Crippen LogP contribution in [0, 0.1) is 13.8 Å². The summed E-state index contributed by atoms with van der Waals surface area (Å²) in [4.78, 5) is 33.5. The highest BCUT2D eigenvalue weighted by molar-refractivity contribution is 5.99. The first-order valence-corrected chi connectivity index (χ1v) is 11.2. The number of nitrogens with zero attached hydrogens (tertiary/aromatic N) is 6. The van der Waals surface area contributed by atoms with Gasteiger partial charge in [-0.15, -0.1) is 0 Å². The average Bonchev–Trinajstić information content (AvgIpc) is 3.23. The third-order valence-corrected chi connectivity index (χ3v) is 6.58. The Balaban J connectivity index is 1.29. The monoisotopic (exact) mass is 428 g/mol. The maximum absolute atomic E-state index is 13.1. The number of hydrogen-bond acceptors (Lipinski definition) is 6. The fraction of sp³-hybridized carbons (Fsp3) is 0.360. The molecule has 0 spiro atoms. The number of aromatic nitrogens is 3. The number of rotatable bonds is 4. The topological polar surface area (TPSA) is 65.5 Å². The molecule has 32 heavy (non-hydrogen) atoms. The van der Waals surface area contributed by atoms with Crippen LogP contribution in [0.25, 0.3) is 11.4 Å². The molecule has 0 aliphatic carbocycles. The van der Waals surface area contributed by atoms with Crippen molar-refractivity contribution >= 4 is 17.4 Å². The highest BCUT2D eigenvalue weighted by Crippen LogP contribution is 2.28. The maximum Gasteiger partial charge on any atom is 0.244 e. The van der Waals surface area contributed by atoms with Crippen molar-refractivity contribution in [2.75, 3.05) is 42.5 Å². The van der Waals surface area contributed by atoms with E-state index in [9.17, 15) is 4.79 Å². The Hall–Kier alpha value is -3.32. The van der Waals surface area contributed by atoms with Crippen LogP contribution in [-0.4, -0.2) is 64.5 Å². The van der Waals surface area contributed by atoms with Gasteiger partial charge < -0.3 is 9.80 Å². The number of hydrogen-bond donors (Lipinski definition) is 0. The van der Waals surface area contributed by atoms with Crippen molar-refractivity contribution in [3.05, 3.63) is 66.1 Å². The SMILES string of the molecule is Cc1nc(-c2cccnc2)nc(N2CCN(C3CCN(c4ccccc4)C3=O)CC2)c1C. The molecule has 1 aromatic carbocycles. The van der Waals surface area contributed by atoms with E-state index in [2.05, 4.69) is 26.7 Å². The van der Waals surface area contributed by atoms with Gasteiger partial charge in [-0.2, -0.15) is 0 Å². The number of benzene rings is 1. The predicted octanol–water partition coefficient (Wildman–Crippen LogP) is 3.08. The molecule has 2 saturated heterocycles. The highest BCUT2D eigenvalue weighted by Gasteiger charge is 2.38. The van der Waals surface area contributed by atoms with Crippen LogP contribution in [0.5, 0.6) is 0 Å². The summed E-state index contributed by atoms with van der Waals surface area (Å²) in [6.07, 6.45) is 4.44. The Bertz CT molecular complexity index is 1100. The average molecular weight is 429 g/mol. The lowest BCUT2D eigenvalue weighted by Gasteiger charge is -2.38.